The van der Waals surface area contributed by atoms with Gasteiger partial charge in [-0.3, -0.25) is 14.6 Å². The summed E-state index contributed by atoms with van der Waals surface area (Å²) in [5, 5.41) is 4.45. The van der Waals surface area contributed by atoms with E-state index < -0.39 is 0 Å². The minimum Gasteiger partial charge on any atom is -0.379 e. The average molecular weight is 400 g/mol. The van der Waals surface area contributed by atoms with Crippen molar-refractivity contribution >= 4 is 29.1 Å². The summed E-state index contributed by atoms with van der Waals surface area (Å²) in [7, 11) is 0. The number of hydrogen-bond donors (Lipinski definition) is 1. The van der Waals surface area contributed by atoms with Crippen molar-refractivity contribution in [1.29, 1.82) is 0 Å². The summed E-state index contributed by atoms with van der Waals surface area (Å²) in [5.74, 6) is 0.227. The number of hydrogen-bond acceptors (Lipinski definition) is 4. The fraction of sp³-hybridized carbons (Fsp3) is 0.632. The van der Waals surface area contributed by atoms with Crippen LogP contribution in [0, 0.1) is 5.92 Å². The van der Waals surface area contributed by atoms with Crippen LogP contribution in [0.4, 0.5) is 0 Å². The van der Waals surface area contributed by atoms with Gasteiger partial charge in [-0.05, 0) is 37.1 Å². The van der Waals surface area contributed by atoms with Crippen molar-refractivity contribution in [2.24, 2.45) is 5.92 Å². The first-order valence-corrected chi connectivity index (χ1v) is 10.1. The lowest BCUT2D eigenvalue weighted by Gasteiger charge is -2.32. The number of piperidine rings is 1. The van der Waals surface area contributed by atoms with E-state index in [4.69, 9.17) is 27.9 Å². The summed E-state index contributed by atoms with van der Waals surface area (Å²) < 4.78 is 5.35. The molecule has 1 unspecified atom stereocenters. The number of carbonyl (C=O) groups excluding carboxylic acids is 1. The molecule has 1 amide bonds. The molecule has 2 aliphatic rings. The molecule has 7 heteroatoms. The summed E-state index contributed by atoms with van der Waals surface area (Å²) in [6.07, 6.45) is 1.99. The maximum absolute atomic E-state index is 12.5. The van der Waals surface area contributed by atoms with Gasteiger partial charge in [-0.2, -0.15) is 0 Å². The quantitative estimate of drug-likeness (QED) is 0.798. The predicted molar refractivity (Wildman–Crippen MR) is 105 cm³/mol. The zero-order valence-corrected chi connectivity index (χ0v) is 16.6. The van der Waals surface area contributed by atoms with E-state index in [1.165, 1.54) is 0 Å². The molecule has 2 saturated heterocycles. The van der Waals surface area contributed by atoms with Crippen molar-refractivity contribution in [3.63, 3.8) is 0 Å². The Kier molecular flexibility index (Phi) is 7.58. The van der Waals surface area contributed by atoms with Crippen LogP contribution in [0.1, 0.15) is 18.4 Å². The summed E-state index contributed by atoms with van der Waals surface area (Å²) in [4.78, 5) is 17.2. The van der Waals surface area contributed by atoms with E-state index in [1.54, 1.807) is 6.07 Å². The number of nitrogens with zero attached hydrogens (tertiary/aromatic N) is 2. The molecule has 1 aromatic rings. The molecule has 0 bridgehead atoms. The van der Waals surface area contributed by atoms with Gasteiger partial charge in [-0.1, -0.05) is 29.3 Å². The molecule has 2 fully saturated rings. The van der Waals surface area contributed by atoms with E-state index in [0.717, 1.165) is 70.9 Å². The van der Waals surface area contributed by atoms with Gasteiger partial charge in [-0.25, -0.2) is 0 Å². The highest BCUT2D eigenvalue weighted by molar-refractivity contribution is 6.35. The highest BCUT2D eigenvalue weighted by Gasteiger charge is 2.26. The van der Waals surface area contributed by atoms with E-state index in [9.17, 15) is 4.79 Å². The molecule has 0 spiro atoms. The fourth-order valence-electron chi connectivity index (χ4n) is 3.61. The molecule has 3 rings (SSSR count). The summed E-state index contributed by atoms with van der Waals surface area (Å²) in [6.45, 7) is 7.62. The lowest BCUT2D eigenvalue weighted by Crippen LogP contribution is -2.45. The summed E-state index contributed by atoms with van der Waals surface area (Å²) in [5.41, 5.74) is 1.06. The van der Waals surface area contributed by atoms with Gasteiger partial charge in [0.05, 0.1) is 19.1 Å². The van der Waals surface area contributed by atoms with E-state index in [0.29, 0.717) is 16.6 Å². The molecular formula is C19H27Cl2N3O2. The van der Waals surface area contributed by atoms with Crippen LogP contribution in [-0.4, -0.2) is 68.2 Å². The molecule has 0 radical (unpaired) electrons. The van der Waals surface area contributed by atoms with Crippen LogP contribution in [0.5, 0.6) is 0 Å². The molecule has 0 aromatic heterocycles. The Labute approximate surface area is 165 Å². The van der Waals surface area contributed by atoms with Crippen molar-refractivity contribution in [3.8, 4) is 0 Å². The second kappa shape index (κ2) is 9.90. The van der Waals surface area contributed by atoms with Gasteiger partial charge in [0.25, 0.3) is 0 Å². The van der Waals surface area contributed by atoms with Crippen molar-refractivity contribution in [1.82, 2.24) is 15.1 Å². The molecule has 2 heterocycles. The van der Waals surface area contributed by atoms with Gasteiger partial charge in [-0.15, -0.1) is 0 Å². The number of carbonyl (C=O) groups is 1. The van der Waals surface area contributed by atoms with Crippen molar-refractivity contribution in [3.05, 3.63) is 33.8 Å². The molecule has 26 heavy (non-hydrogen) atoms. The fourth-order valence-corrected chi connectivity index (χ4v) is 4.08. The largest absolute Gasteiger partial charge is 0.379 e. The molecule has 1 N–H and O–H groups in total. The Morgan fingerprint density at radius 3 is 2.77 bits per heavy atom. The number of nitrogens with one attached hydrogen (secondary N) is 1. The van der Waals surface area contributed by atoms with Crippen molar-refractivity contribution in [2.75, 3.05) is 52.5 Å². The molecule has 5 nitrogen and oxygen atoms in total. The van der Waals surface area contributed by atoms with Crippen LogP contribution in [0.15, 0.2) is 18.2 Å². The van der Waals surface area contributed by atoms with E-state index >= 15 is 0 Å². The number of benzene rings is 1. The molecule has 144 valence electrons. The van der Waals surface area contributed by atoms with Gasteiger partial charge >= 0.3 is 0 Å². The second-order valence-corrected chi connectivity index (χ2v) is 7.90. The smallest absolute Gasteiger partial charge is 0.224 e. The van der Waals surface area contributed by atoms with Crippen LogP contribution >= 0.6 is 23.2 Å². The minimum absolute atomic E-state index is 0.0551. The van der Waals surface area contributed by atoms with Gasteiger partial charge in [0, 0.05) is 49.3 Å². The first kappa shape index (κ1) is 19.9. The number of likely N-dealkylation sites (tertiary alicyclic amines) is 1. The van der Waals surface area contributed by atoms with Crippen LogP contribution in [0.2, 0.25) is 10.0 Å². The van der Waals surface area contributed by atoms with Gasteiger partial charge < -0.3 is 10.1 Å². The first-order chi connectivity index (χ1) is 12.6. The zero-order chi connectivity index (χ0) is 18.4. The van der Waals surface area contributed by atoms with Crippen LogP contribution in [0.3, 0.4) is 0 Å². The van der Waals surface area contributed by atoms with E-state index in [-0.39, 0.29) is 11.8 Å². The van der Waals surface area contributed by atoms with Crippen LogP contribution in [-0.2, 0) is 16.1 Å². The summed E-state index contributed by atoms with van der Waals surface area (Å²) >= 11 is 12.3. The monoisotopic (exact) mass is 399 g/mol. The van der Waals surface area contributed by atoms with Crippen LogP contribution < -0.4 is 5.32 Å². The Morgan fingerprint density at radius 2 is 2.00 bits per heavy atom. The third kappa shape index (κ3) is 5.83. The number of amides is 1. The normalized spacial score (nSPS) is 22.3. The minimum atomic E-state index is 0.0551. The average Bonchev–Trinajstić information content (AvgIpc) is 2.65. The zero-order valence-electron chi connectivity index (χ0n) is 15.1. The molecular weight excluding hydrogens is 373 g/mol. The number of ether oxygens (including phenoxy) is 1. The third-order valence-electron chi connectivity index (χ3n) is 5.12. The highest BCUT2D eigenvalue weighted by Crippen LogP contribution is 2.25. The third-order valence-corrected chi connectivity index (χ3v) is 5.70. The van der Waals surface area contributed by atoms with E-state index in [2.05, 4.69) is 15.1 Å². The summed E-state index contributed by atoms with van der Waals surface area (Å²) in [6, 6.07) is 5.61. The Morgan fingerprint density at radius 1 is 1.19 bits per heavy atom. The molecule has 2 aliphatic heterocycles. The number of morpholine rings is 1. The Bertz CT molecular complexity index is 608. The highest BCUT2D eigenvalue weighted by atomic mass is 35.5. The van der Waals surface area contributed by atoms with Gasteiger partial charge in [0.2, 0.25) is 5.91 Å². The molecule has 1 atom stereocenters. The molecule has 0 saturated carbocycles. The van der Waals surface area contributed by atoms with Gasteiger partial charge in [0.15, 0.2) is 0 Å². The lowest BCUT2D eigenvalue weighted by atomic mass is 9.96. The van der Waals surface area contributed by atoms with E-state index in [1.807, 2.05) is 12.1 Å². The maximum Gasteiger partial charge on any atom is 0.224 e. The van der Waals surface area contributed by atoms with Crippen LogP contribution in [0.25, 0.3) is 0 Å². The first-order valence-electron chi connectivity index (χ1n) is 9.36. The molecule has 0 aliphatic carbocycles. The van der Waals surface area contributed by atoms with Gasteiger partial charge in [0.1, 0.15) is 0 Å². The Balaban J connectivity index is 1.44. The van der Waals surface area contributed by atoms with Crippen molar-refractivity contribution in [2.45, 2.75) is 19.4 Å². The predicted octanol–water partition coefficient (Wildman–Crippen LogP) is 2.65. The SMILES string of the molecule is O=C(NCCN1CCOCC1)C1CCCN(Cc2ccc(Cl)cc2Cl)C1. The topological polar surface area (TPSA) is 44.8 Å². The number of rotatable bonds is 6. The number of halogens is 2. The maximum atomic E-state index is 12.5. The standard InChI is InChI=1S/C19H27Cl2N3O2/c20-17-4-3-15(18(21)12-17)13-24-6-1-2-16(14-24)19(25)22-5-7-23-8-10-26-11-9-23/h3-4,12,16H,1-2,5-11,13-14H2,(H,22,25). The molecule has 1 aromatic carbocycles. The second-order valence-electron chi connectivity index (χ2n) is 7.06. The lowest BCUT2D eigenvalue weighted by molar-refractivity contribution is -0.126. The van der Waals surface area contributed by atoms with Crippen molar-refractivity contribution < 1.29 is 9.53 Å². The Hall–Kier alpha value is -0.850.